The summed E-state index contributed by atoms with van der Waals surface area (Å²) >= 11 is 7.72. The molecule has 7 heteroatoms. The SMILES string of the molecule is CSC1/C=C(/Cl)N([O-])C(Cc2ccccc2)C2=C(NCNC2)O1. The van der Waals surface area contributed by atoms with Gasteiger partial charge in [-0.3, -0.25) is 5.32 Å². The van der Waals surface area contributed by atoms with Crippen LogP contribution in [0.5, 0.6) is 0 Å². The first-order chi connectivity index (χ1) is 11.2. The number of ether oxygens (including phenoxy) is 1. The lowest BCUT2D eigenvalue weighted by Crippen LogP contribution is -2.46. The van der Waals surface area contributed by atoms with Gasteiger partial charge < -0.3 is 20.3 Å². The molecule has 0 fully saturated rings. The molecular weight excluding hydrogens is 334 g/mol. The lowest BCUT2D eigenvalue weighted by molar-refractivity contribution is 0.171. The van der Waals surface area contributed by atoms with E-state index in [1.807, 2.05) is 36.6 Å². The largest absolute Gasteiger partial charge is 0.757 e. The van der Waals surface area contributed by atoms with Crippen LogP contribution in [0, 0.1) is 5.21 Å². The predicted octanol–water partition coefficient (Wildman–Crippen LogP) is 2.56. The normalized spacial score (nSPS) is 27.1. The molecule has 2 N–H and O–H groups in total. The van der Waals surface area contributed by atoms with Gasteiger partial charge in [-0.05, 0) is 18.2 Å². The Kier molecular flexibility index (Phi) is 5.38. The van der Waals surface area contributed by atoms with Crippen molar-refractivity contribution in [1.29, 1.82) is 0 Å². The highest BCUT2D eigenvalue weighted by molar-refractivity contribution is 7.99. The molecule has 23 heavy (non-hydrogen) atoms. The number of halogens is 1. The van der Waals surface area contributed by atoms with Crippen molar-refractivity contribution in [3.05, 3.63) is 63.8 Å². The maximum atomic E-state index is 12.8. The van der Waals surface area contributed by atoms with E-state index in [1.54, 1.807) is 6.08 Å². The third kappa shape index (κ3) is 3.77. The molecule has 0 spiro atoms. The number of nitrogens with zero attached hydrogens (tertiary/aromatic N) is 1. The van der Waals surface area contributed by atoms with Crippen LogP contribution in [0.1, 0.15) is 5.56 Å². The van der Waals surface area contributed by atoms with Gasteiger partial charge in [-0.15, -0.1) is 11.8 Å². The first kappa shape index (κ1) is 16.5. The maximum absolute atomic E-state index is 12.8. The Balaban J connectivity index is 1.96. The van der Waals surface area contributed by atoms with Gasteiger partial charge in [0.2, 0.25) is 0 Å². The molecule has 0 saturated heterocycles. The minimum atomic E-state index is -0.403. The average molecular weight is 353 g/mol. The molecule has 2 aliphatic rings. The van der Waals surface area contributed by atoms with E-state index in [0.717, 1.165) is 16.2 Å². The second kappa shape index (κ2) is 7.49. The minimum Gasteiger partial charge on any atom is -0.757 e. The first-order valence-electron chi connectivity index (χ1n) is 7.43. The Morgan fingerprint density at radius 1 is 1.39 bits per heavy atom. The van der Waals surface area contributed by atoms with Gasteiger partial charge in [0, 0.05) is 18.2 Å². The highest BCUT2D eigenvalue weighted by Crippen LogP contribution is 2.30. The van der Waals surface area contributed by atoms with Crippen molar-refractivity contribution in [2.24, 2.45) is 0 Å². The van der Waals surface area contributed by atoms with E-state index in [0.29, 0.717) is 25.5 Å². The summed E-state index contributed by atoms with van der Waals surface area (Å²) in [7, 11) is 0. The molecule has 2 unspecified atom stereocenters. The second-order valence-electron chi connectivity index (χ2n) is 5.38. The second-order valence-corrected chi connectivity index (χ2v) is 6.70. The van der Waals surface area contributed by atoms with Crippen LogP contribution < -0.4 is 10.6 Å². The Bertz CT molecular complexity index is 609. The van der Waals surface area contributed by atoms with E-state index < -0.39 is 6.04 Å². The molecule has 0 amide bonds. The van der Waals surface area contributed by atoms with Crippen molar-refractivity contribution in [1.82, 2.24) is 15.7 Å². The molecule has 2 heterocycles. The van der Waals surface area contributed by atoms with Crippen molar-refractivity contribution in [2.45, 2.75) is 17.9 Å². The molecular formula is C16H19ClN3O2S-. The van der Waals surface area contributed by atoms with Crippen LogP contribution in [0.4, 0.5) is 0 Å². The molecule has 0 radical (unpaired) electrons. The van der Waals surface area contributed by atoms with Crippen molar-refractivity contribution in [3.63, 3.8) is 0 Å². The van der Waals surface area contributed by atoms with Gasteiger partial charge >= 0.3 is 0 Å². The topological polar surface area (TPSA) is 59.6 Å². The molecule has 0 bridgehead atoms. The summed E-state index contributed by atoms with van der Waals surface area (Å²) < 4.78 is 6.00. The zero-order valence-corrected chi connectivity index (χ0v) is 14.4. The van der Waals surface area contributed by atoms with Gasteiger partial charge in [0.15, 0.2) is 11.3 Å². The Morgan fingerprint density at radius 3 is 2.91 bits per heavy atom. The van der Waals surface area contributed by atoms with Crippen LogP contribution in [0.25, 0.3) is 0 Å². The van der Waals surface area contributed by atoms with Crippen molar-refractivity contribution < 1.29 is 4.74 Å². The molecule has 5 nitrogen and oxygen atoms in total. The van der Waals surface area contributed by atoms with E-state index in [9.17, 15) is 5.21 Å². The standard InChI is InChI=1S/C16H19ClN3O2S/c1-23-15-8-14(17)20(21)13(7-11-5-3-2-4-6-11)12-9-18-10-19-16(12)22-15/h2-6,8,13,15,18-19H,7,9-10H2,1H3/q-1/b14-8-. The van der Waals surface area contributed by atoms with Crippen LogP contribution in [0.15, 0.2) is 53.0 Å². The zero-order valence-electron chi connectivity index (χ0n) is 12.8. The van der Waals surface area contributed by atoms with Gasteiger partial charge in [0.25, 0.3) is 0 Å². The molecule has 1 aromatic carbocycles. The van der Waals surface area contributed by atoms with Crippen LogP contribution in [0.3, 0.4) is 0 Å². The van der Waals surface area contributed by atoms with E-state index >= 15 is 0 Å². The number of nitrogens with one attached hydrogen (secondary N) is 2. The predicted molar refractivity (Wildman–Crippen MR) is 94.5 cm³/mol. The summed E-state index contributed by atoms with van der Waals surface area (Å²) in [4.78, 5) is 0. The number of hydroxylamine groups is 2. The first-order valence-corrected chi connectivity index (χ1v) is 9.10. The van der Waals surface area contributed by atoms with Crippen molar-refractivity contribution in [3.8, 4) is 0 Å². The average Bonchev–Trinajstić information content (AvgIpc) is 2.59. The van der Waals surface area contributed by atoms with Crippen molar-refractivity contribution in [2.75, 3.05) is 19.5 Å². The molecule has 0 aliphatic carbocycles. The molecule has 0 aromatic heterocycles. The zero-order chi connectivity index (χ0) is 16.2. The lowest BCUT2D eigenvalue weighted by atomic mass is 9.97. The van der Waals surface area contributed by atoms with E-state index in [2.05, 4.69) is 10.6 Å². The third-order valence-corrected chi connectivity index (χ3v) is 4.88. The van der Waals surface area contributed by atoms with Gasteiger partial charge in [-0.1, -0.05) is 41.9 Å². The molecule has 1 aromatic rings. The number of benzene rings is 1. The highest BCUT2D eigenvalue weighted by atomic mass is 35.5. The quantitative estimate of drug-likeness (QED) is 0.815. The fourth-order valence-electron chi connectivity index (χ4n) is 2.71. The van der Waals surface area contributed by atoms with Crippen LogP contribution in [0.2, 0.25) is 0 Å². The lowest BCUT2D eigenvalue weighted by Gasteiger charge is -2.43. The van der Waals surface area contributed by atoms with Gasteiger partial charge in [-0.25, -0.2) is 0 Å². The number of rotatable bonds is 3. The van der Waals surface area contributed by atoms with Gasteiger partial charge in [0.1, 0.15) is 0 Å². The molecule has 2 atom stereocenters. The van der Waals surface area contributed by atoms with E-state index in [1.165, 1.54) is 11.8 Å². The Morgan fingerprint density at radius 2 is 2.17 bits per heavy atom. The van der Waals surface area contributed by atoms with Crippen molar-refractivity contribution >= 4 is 23.4 Å². The van der Waals surface area contributed by atoms with Crippen LogP contribution in [-0.2, 0) is 11.2 Å². The third-order valence-electron chi connectivity index (χ3n) is 3.89. The van der Waals surface area contributed by atoms with E-state index in [-0.39, 0.29) is 10.6 Å². The maximum Gasteiger partial charge on any atom is 0.191 e. The molecule has 2 aliphatic heterocycles. The minimum absolute atomic E-state index is 0.169. The summed E-state index contributed by atoms with van der Waals surface area (Å²) in [6.45, 7) is 1.22. The van der Waals surface area contributed by atoms with E-state index in [4.69, 9.17) is 16.3 Å². The molecule has 0 saturated carbocycles. The smallest absolute Gasteiger partial charge is 0.191 e. The van der Waals surface area contributed by atoms with Crippen LogP contribution in [-0.4, -0.2) is 36.0 Å². The number of hydrogen-bond donors (Lipinski definition) is 2. The Hall–Kier alpha value is -1.34. The highest BCUT2D eigenvalue weighted by Gasteiger charge is 2.28. The Labute approximate surface area is 145 Å². The number of thioether (sulfide) groups is 1. The summed E-state index contributed by atoms with van der Waals surface area (Å²) in [5, 5.41) is 20.3. The summed E-state index contributed by atoms with van der Waals surface area (Å²) in [6, 6.07) is 9.53. The summed E-state index contributed by atoms with van der Waals surface area (Å²) in [6.07, 6.45) is 4.15. The number of hydrogen-bond acceptors (Lipinski definition) is 6. The summed E-state index contributed by atoms with van der Waals surface area (Å²) in [5.74, 6) is 0.685. The van der Waals surface area contributed by atoms with Gasteiger partial charge in [0.05, 0.1) is 17.9 Å². The fourth-order valence-corrected chi connectivity index (χ4v) is 3.47. The molecule has 3 rings (SSSR count). The fraction of sp³-hybridized carbons (Fsp3) is 0.375. The monoisotopic (exact) mass is 352 g/mol. The van der Waals surface area contributed by atoms with Gasteiger partial charge in [-0.2, -0.15) is 0 Å². The molecule has 124 valence electrons. The summed E-state index contributed by atoms with van der Waals surface area (Å²) in [5.41, 5.74) is 1.70. The van der Waals surface area contributed by atoms with Crippen LogP contribution >= 0.6 is 23.4 Å².